The van der Waals surface area contributed by atoms with Crippen LogP contribution >= 0.6 is 11.6 Å². The summed E-state index contributed by atoms with van der Waals surface area (Å²) in [6.45, 7) is 2.47. The maximum Gasteiger partial charge on any atom is 0.131 e. The first-order valence-electron chi connectivity index (χ1n) is 5.93. The maximum absolute atomic E-state index is 13.6. The van der Waals surface area contributed by atoms with Crippen LogP contribution in [0.1, 0.15) is 23.4 Å². The molecule has 0 aliphatic heterocycles. The van der Waals surface area contributed by atoms with Crippen LogP contribution in [0.3, 0.4) is 0 Å². The van der Waals surface area contributed by atoms with E-state index in [0.717, 1.165) is 17.4 Å². The average Bonchev–Trinajstić information content (AvgIpc) is 2.39. The number of ether oxygens (including phenoxy) is 1. The molecule has 2 rings (SSSR count). The number of rotatable bonds is 4. The first kappa shape index (κ1) is 13.8. The van der Waals surface area contributed by atoms with E-state index >= 15 is 0 Å². The van der Waals surface area contributed by atoms with Crippen LogP contribution in [0, 0.1) is 11.6 Å². The van der Waals surface area contributed by atoms with Gasteiger partial charge in [-0.1, -0.05) is 18.2 Å². The smallest absolute Gasteiger partial charge is 0.131 e. The molecule has 2 aromatic rings. The molecular formula is C15H13ClF2O. The summed E-state index contributed by atoms with van der Waals surface area (Å²) in [4.78, 5) is 0. The van der Waals surface area contributed by atoms with Crippen molar-refractivity contribution in [2.45, 2.75) is 12.3 Å². The SMILES string of the molecule is CCOc1ccc(C(Cl)c2ccc(F)cc2F)cc1. The van der Waals surface area contributed by atoms with Crippen LogP contribution in [0.5, 0.6) is 5.75 Å². The molecular weight excluding hydrogens is 270 g/mol. The zero-order valence-electron chi connectivity index (χ0n) is 10.4. The molecule has 0 heterocycles. The summed E-state index contributed by atoms with van der Waals surface area (Å²) in [6.07, 6.45) is 0. The normalized spacial score (nSPS) is 12.2. The van der Waals surface area contributed by atoms with Gasteiger partial charge < -0.3 is 4.74 Å². The lowest BCUT2D eigenvalue weighted by molar-refractivity contribution is 0.340. The molecule has 4 heteroatoms. The molecule has 19 heavy (non-hydrogen) atoms. The molecule has 0 aliphatic carbocycles. The van der Waals surface area contributed by atoms with E-state index in [4.69, 9.17) is 16.3 Å². The zero-order valence-corrected chi connectivity index (χ0v) is 11.1. The monoisotopic (exact) mass is 282 g/mol. The Morgan fingerprint density at radius 1 is 1.11 bits per heavy atom. The van der Waals surface area contributed by atoms with E-state index in [0.29, 0.717) is 6.61 Å². The minimum atomic E-state index is -0.656. The first-order valence-corrected chi connectivity index (χ1v) is 6.37. The van der Waals surface area contributed by atoms with E-state index in [9.17, 15) is 8.78 Å². The van der Waals surface area contributed by atoms with Gasteiger partial charge in [-0.3, -0.25) is 0 Å². The molecule has 100 valence electrons. The molecule has 2 aromatic carbocycles. The standard InChI is InChI=1S/C15H13ClF2O/c1-2-19-12-6-3-10(4-7-12)15(16)13-8-5-11(17)9-14(13)18/h3-9,15H,2H2,1H3. The average molecular weight is 283 g/mol. The van der Waals surface area contributed by atoms with Crippen LogP contribution in [-0.2, 0) is 0 Å². The van der Waals surface area contributed by atoms with Gasteiger partial charge in [0.05, 0.1) is 12.0 Å². The van der Waals surface area contributed by atoms with Crippen molar-refractivity contribution in [2.75, 3.05) is 6.61 Å². The van der Waals surface area contributed by atoms with Gasteiger partial charge in [-0.05, 0) is 30.7 Å². The molecule has 0 fully saturated rings. The lowest BCUT2D eigenvalue weighted by Gasteiger charge is -2.12. The molecule has 0 aliphatic rings. The zero-order chi connectivity index (χ0) is 13.8. The Hall–Kier alpha value is -1.61. The number of hydrogen-bond acceptors (Lipinski definition) is 1. The van der Waals surface area contributed by atoms with Gasteiger partial charge in [0, 0.05) is 11.6 Å². The molecule has 1 nitrogen and oxygen atoms in total. The molecule has 0 saturated heterocycles. The lowest BCUT2D eigenvalue weighted by atomic mass is 10.0. The molecule has 0 bridgehead atoms. The van der Waals surface area contributed by atoms with E-state index in [1.807, 2.05) is 6.92 Å². The van der Waals surface area contributed by atoms with Crippen LogP contribution in [0.15, 0.2) is 42.5 Å². The van der Waals surface area contributed by atoms with Crippen molar-refractivity contribution >= 4 is 11.6 Å². The highest BCUT2D eigenvalue weighted by Gasteiger charge is 2.15. The Morgan fingerprint density at radius 2 is 1.79 bits per heavy atom. The van der Waals surface area contributed by atoms with E-state index in [1.165, 1.54) is 12.1 Å². The van der Waals surface area contributed by atoms with Gasteiger partial charge in [0.2, 0.25) is 0 Å². The Bertz CT molecular complexity index is 555. The lowest BCUT2D eigenvalue weighted by Crippen LogP contribution is -1.98. The quantitative estimate of drug-likeness (QED) is 0.739. The van der Waals surface area contributed by atoms with Crippen molar-refractivity contribution in [3.05, 3.63) is 65.2 Å². The van der Waals surface area contributed by atoms with Crippen molar-refractivity contribution in [1.29, 1.82) is 0 Å². The highest BCUT2D eigenvalue weighted by molar-refractivity contribution is 6.22. The molecule has 0 N–H and O–H groups in total. The van der Waals surface area contributed by atoms with Crippen LogP contribution < -0.4 is 4.74 Å². The number of alkyl halides is 1. The summed E-state index contributed by atoms with van der Waals surface area (Å²) in [6, 6.07) is 10.5. The fourth-order valence-electron chi connectivity index (χ4n) is 1.79. The number of halogens is 3. The van der Waals surface area contributed by atoms with Gasteiger partial charge in [0.1, 0.15) is 17.4 Å². The molecule has 0 saturated carbocycles. The molecule has 0 radical (unpaired) electrons. The van der Waals surface area contributed by atoms with Crippen LogP contribution in [-0.4, -0.2) is 6.61 Å². The molecule has 1 unspecified atom stereocenters. The summed E-state index contributed by atoms with van der Waals surface area (Å²) < 4.78 is 31.8. The highest BCUT2D eigenvalue weighted by atomic mass is 35.5. The van der Waals surface area contributed by atoms with Gasteiger partial charge in [0.15, 0.2) is 0 Å². The van der Waals surface area contributed by atoms with E-state index in [1.54, 1.807) is 24.3 Å². The fraction of sp³-hybridized carbons (Fsp3) is 0.200. The summed E-state index contributed by atoms with van der Waals surface area (Å²) >= 11 is 6.22. The van der Waals surface area contributed by atoms with Crippen molar-refractivity contribution in [3.8, 4) is 5.75 Å². The van der Waals surface area contributed by atoms with Crippen molar-refractivity contribution in [3.63, 3.8) is 0 Å². The summed E-state index contributed by atoms with van der Waals surface area (Å²) in [5, 5.41) is -0.656. The minimum Gasteiger partial charge on any atom is -0.494 e. The maximum atomic E-state index is 13.6. The second-order valence-electron chi connectivity index (χ2n) is 4.03. The van der Waals surface area contributed by atoms with Gasteiger partial charge in [-0.15, -0.1) is 11.6 Å². The third-order valence-corrected chi connectivity index (χ3v) is 3.21. The molecule has 0 spiro atoms. The third-order valence-electron chi connectivity index (χ3n) is 2.72. The highest BCUT2D eigenvalue weighted by Crippen LogP contribution is 2.31. The van der Waals surface area contributed by atoms with Gasteiger partial charge in [0.25, 0.3) is 0 Å². The fourth-order valence-corrected chi connectivity index (χ4v) is 2.11. The first-order chi connectivity index (χ1) is 9.11. The van der Waals surface area contributed by atoms with E-state index in [2.05, 4.69) is 0 Å². The van der Waals surface area contributed by atoms with Crippen molar-refractivity contribution in [1.82, 2.24) is 0 Å². The predicted molar refractivity (Wildman–Crippen MR) is 71.7 cm³/mol. The van der Waals surface area contributed by atoms with Crippen LogP contribution in [0.2, 0.25) is 0 Å². The Labute approximate surface area is 115 Å². The van der Waals surface area contributed by atoms with Crippen molar-refractivity contribution in [2.24, 2.45) is 0 Å². The molecule has 1 atom stereocenters. The Kier molecular flexibility index (Phi) is 4.38. The van der Waals surface area contributed by atoms with Gasteiger partial charge in [-0.25, -0.2) is 8.78 Å². The van der Waals surface area contributed by atoms with Crippen LogP contribution in [0.25, 0.3) is 0 Å². The van der Waals surface area contributed by atoms with Crippen LogP contribution in [0.4, 0.5) is 8.78 Å². The van der Waals surface area contributed by atoms with Gasteiger partial charge >= 0.3 is 0 Å². The minimum absolute atomic E-state index is 0.257. The molecule has 0 aromatic heterocycles. The second-order valence-corrected chi connectivity index (χ2v) is 4.47. The second kappa shape index (κ2) is 6.02. The summed E-state index contributed by atoms with van der Waals surface area (Å²) in [7, 11) is 0. The summed E-state index contributed by atoms with van der Waals surface area (Å²) in [5.41, 5.74) is 0.989. The summed E-state index contributed by atoms with van der Waals surface area (Å²) in [5.74, 6) is -0.527. The number of hydrogen-bond donors (Lipinski definition) is 0. The number of benzene rings is 2. The largest absolute Gasteiger partial charge is 0.494 e. The molecule has 0 amide bonds. The van der Waals surface area contributed by atoms with E-state index < -0.39 is 17.0 Å². The van der Waals surface area contributed by atoms with Gasteiger partial charge in [-0.2, -0.15) is 0 Å². The topological polar surface area (TPSA) is 9.23 Å². The van der Waals surface area contributed by atoms with Crippen molar-refractivity contribution < 1.29 is 13.5 Å². The Morgan fingerprint density at radius 3 is 2.37 bits per heavy atom. The third kappa shape index (κ3) is 3.24. The predicted octanol–water partition coefficient (Wildman–Crippen LogP) is 4.69. The Balaban J connectivity index is 2.25. The van der Waals surface area contributed by atoms with E-state index in [-0.39, 0.29) is 5.56 Å².